The van der Waals surface area contributed by atoms with Gasteiger partial charge >= 0.3 is 0 Å². The van der Waals surface area contributed by atoms with Gasteiger partial charge in [-0.25, -0.2) is 8.42 Å². The molecule has 0 saturated carbocycles. The van der Waals surface area contributed by atoms with Gasteiger partial charge < -0.3 is 5.32 Å². The van der Waals surface area contributed by atoms with Crippen molar-refractivity contribution in [2.45, 2.75) is 37.9 Å². The third-order valence-corrected chi connectivity index (χ3v) is 6.44. The molecule has 116 valence electrons. The zero-order valence-corrected chi connectivity index (χ0v) is 13.5. The Morgan fingerprint density at radius 2 is 2.00 bits per heavy atom. The molecule has 1 fully saturated rings. The largest absolute Gasteiger partial charge is 0.309 e. The van der Waals surface area contributed by atoms with E-state index in [0.29, 0.717) is 18.0 Å². The number of fused-ring (bicyclic) bond motifs is 1. The highest BCUT2D eigenvalue weighted by Crippen LogP contribution is 2.24. The zero-order chi connectivity index (χ0) is 15.0. The molecule has 0 radical (unpaired) electrons. The number of rotatable bonds is 3. The van der Waals surface area contributed by atoms with Gasteiger partial charge in [-0.1, -0.05) is 13.0 Å². The van der Waals surface area contributed by atoms with Crippen molar-refractivity contribution in [1.29, 1.82) is 0 Å². The van der Waals surface area contributed by atoms with E-state index in [9.17, 15) is 8.42 Å². The van der Waals surface area contributed by atoms with Gasteiger partial charge in [0.15, 0.2) is 0 Å². The Bertz CT molecular complexity index is 630. The third-order valence-electron chi connectivity index (χ3n) is 4.58. The fraction of sp³-hybridized carbons (Fsp3) is 0.600. The molecule has 2 aliphatic heterocycles. The van der Waals surface area contributed by atoms with Crippen molar-refractivity contribution >= 4 is 10.0 Å². The molecule has 0 bridgehead atoms. The van der Waals surface area contributed by atoms with E-state index in [1.54, 1.807) is 10.4 Å². The van der Waals surface area contributed by atoms with Crippen LogP contribution in [0.25, 0.3) is 0 Å². The van der Waals surface area contributed by atoms with E-state index >= 15 is 0 Å². The summed E-state index contributed by atoms with van der Waals surface area (Å²) in [5, 5.41) is 3.25. The SMILES string of the molecule is CCN1CCN(S(=O)(=O)c2ccc3c(c2)CNC3)CC1C. The molecule has 6 heteroatoms. The van der Waals surface area contributed by atoms with Gasteiger partial charge in [0.05, 0.1) is 4.90 Å². The molecule has 1 unspecified atom stereocenters. The van der Waals surface area contributed by atoms with Gasteiger partial charge in [0.25, 0.3) is 0 Å². The smallest absolute Gasteiger partial charge is 0.243 e. The quantitative estimate of drug-likeness (QED) is 0.905. The van der Waals surface area contributed by atoms with Gasteiger partial charge in [0.2, 0.25) is 10.0 Å². The molecule has 1 N–H and O–H groups in total. The number of likely N-dealkylation sites (N-methyl/N-ethyl adjacent to an activating group) is 1. The second-order valence-corrected chi connectivity index (χ2v) is 7.81. The fourth-order valence-corrected chi connectivity index (χ4v) is 4.79. The van der Waals surface area contributed by atoms with Crippen LogP contribution in [-0.4, -0.2) is 49.8 Å². The van der Waals surface area contributed by atoms with E-state index in [2.05, 4.69) is 24.1 Å². The minimum Gasteiger partial charge on any atom is -0.309 e. The Balaban J connectivity index is 1.84. The number of sulfonamides is 1. The lowest BCUT2D eigenvalue weighted by molar-refractivity contribution is 0.135. The predicted octanol–water partition coefficient (Wildman–Crippen LogP) is 1.00. The van der Waals surface area contributed by atoms with Crippen LogP contribution >= 0.6 is 0 Å². The molecule has 2 heterocycles. The van der Waals surface area contributed by atoms with Crippen molar-refractivity contribution in [3.63, 3.8) is 0 Å². The van der Waals surface area contributed by atoms with Crippen LogP contribution in [0.3, 0.4) is 0 Å². The normalized spacial score (nSPS) is 24.2. The highest BCUT2D eigenvalue weighted by Gasteiger charge is 2.32. The second-order valence-electron chi connectivity index (χ2n) is 5.87. The lowest BCUT2D eigenvalue weighted by atomic mass is 10.1. The Morgan fingerprint density at radius 1 is 1.24 bits per heavy atom. The number of hydrogen-bond acceptors (Lipinski definition) is 4. The molecule has 21 heavy (non-hydrogen) atoms. The lowest BCUT2D eigenvalue weighted by Crippen LogP contribution is -2.53. The fourth-order valence-electron chi connectivity index (χ4n) is 3.23. The van der Waals surface area contributed by atoms with Crippen molar-refractivity contribution in [3.8, 4) is 0 Å². The summed E-state index contributed by atoms with van der Waals surface area (Å²) < 4.78 is 27.3. The van der Waals surface area contributed by atoms with Crippen LogP contribution in [0.5, 0.6) is 0 Å². The molecule has 1 atom stereocenters. The number of nitrogens with zero attached hydrogens (tertiary/aromatic N) is 2. The van der Waals surface area contributed by atoms with Crippen LogP contribution in [0.1, 0.15) is 25.0 Å². The molecule has 3 rings (SSSR count). The minimum absolute atomic E-state index is 0.273. The van der Waals surface area contributed by atoms with E-state index in [1.165, 1.54) is 5.56 Å². The van der Waals surface area contributed by atoms with E-state index in [0.717, 1.165) is 31.7 Å². The molecule has 1 aromatic carbocycles. The monoisotopic (exact) mass is 309 g/mol. The van der Waals surface area contributed by atoms with E-state index in [-0.39, 0.29) is 6.04 Å². The summed E-state index contributed by atoms with van der Waals surface area (Å²) in [6.45, 7) is 8.75. The molecule has 2 aliphatic rings. The molecular weight excluding hydrogens is 286 g/mol. The molecular formula is C15H23N3O2S. The van der Waals surface area contributed by atoms with Gasteiger partial charge in [-0.3, -0.25) is 4.90 Å². The van der Waals surface area contributed by atoms with Crippen molar-refractivity contribution in [2.24, 2.45) is 0 Å². The van der Waals surface area contributed by atoms with Crippen LogP contribution in [0.2, 0.25) is 0 Å². The van der Waals surface area contributed by atoms with Crippen LogP contribution in [0, 0.1) is 0 Å². The lowest BCUT2D eigenvalue weighted by Gasteiger charge is -2.38. The van der Waals surface area contributed by atoms with E-state index in [4.69, 9.17) is 0 Å². The first-order valence-corrected chi connectivity index (χ1v) is 9.03. The second kappa shape index (κ2) is 5.68. The van der Waals surface area contributed by atoms with Crippen LogP contribution in [-0.2, 0) is 23.1 Å². The topological polar surface area (TPSA) is 52.7 Å². The predicted molar refractivity (Wildman–Crippen MR) is 82.5 cm³/mol. The number of piperazine rings is 1. The maximum atomic E-state index is 12.8. The summed E-state index contributed by atoms with van der Waals surface area (Å²) in [6, 6.07) is 5.79. The first-order chi connectivity index (χ1) is 10.0. The maximum Gasteiger partial charge on any atom is 0.243 e. The average molecular weight is 309 g/mol. The Labute approximate surface area is 127 Å². The Kier molecular flexibility index (Phi) is 4.05. The van der Waals surface area contributed by atoms with E-state index in [1.807, 2.05) is 12.1 Å². The molecule has 0 amide bonds. The number of hydrogen-bond donors (Lipinski definition) is 1. The van der Waals surface area contributed by atoms with Crippen LogP contribution < -0.4 is 5.32 Å². The summed E-state index contributed by atoms with van der Waals surface area (Å²) in [5.41, 5.74) is 2.31. The first-order valence-electron chi connectivity index (χ1n) is 7.59. The molecule has 0 spiro atoms. The molecule has 1 aromatic rings. The molecule has 1 saturated heterocycles. The summed E-state index contributed by atoms with van der Waals surface area (Å²) in [5.74, 6) is 0. The summed E-state index contributed by atoms with van der Waals surface area (Å²) in [4.78, 5) is 2.75. The third kappa shape index (κ3) is 2.73. The van der Waals surface area contributed by atoms with Gasteiger partial charge in [-0.15, -0.1) is 0 Å². The van der Waals surface area contributed by atoms with Crippen molar-refractivity contribution in [3.05, 3.63) is 29.3 Å². The van der Waals surface area contributed by atoms with E-state index < -0.39 is 10.0 Å². The molecule has 0 aliphatic carbocycles. The Hall–Kier alpha value is -0.950. The summed E-state index contributed by atoms with van der Waals surface area (Å²) in [6.07, 6.45) is 0. The molecule has 5 nitrogen and oxygen atoms in total. The summed E-state index contributed by atoms with van der Waals surface area (Å²) >= 11 is 0. The minimum atomic E-state index is -3.37. The van der Waals surface area contributed by atoms with Gasteiger partial charge in [0, 0.05) is 38.8 Å². The van der Waals surface area contributed by atoms with Crippen molar-refractivity contribution in [1.82, 2.24) is 14.5 Å². The number of nitrogens with one attached hydrogen (secondary N) is 1. The van der Waals surface area contributed by atoms with Crippen molar-refractivity contribution < 1.29 is 8.42 Å². The van der Waals surface area contributed by atoms with Crippen LogP contribution in [0.4, 0.5) is 0 Å². The first kappa shape index (κ1) is 15.0. The van der Waals surface area contributed by atoms with Crippen molar-refractivity contribution in [2.75, 3.05) is 26.2 Å². The van der Waals surface area contributed by atoms with Gasteiger partial charge in [-0.2, -0.15) is 4.31 Å². The Morgan fingerprint density at radius 3 is 2.71 bits per heavy atom. The van der Waals surface area contributed by atoms with Crippen LogP contribution in [0.15, 0.2) is 23.1 Å². The summed E-state index contributed by atoms with van der Waals surface area (Å²) in [7, 11) is -3.37. The van der Waals surface area contributed by atoms with Gasteiger partial charge in [-0.05, 0) is 36.7 Å². The standard InChI is InChI=1S/C15H23N3O2S/c1-3-17-6-7-18(11-12(17)2)21(19,20)15-5-4-13-9-16-10-14(13)8-15/h4-5,8,12,16H,3,6-7,9-11H2,1-2H3. The highest BCUT2D eigenvalue weighted by atomic mass is 32.2. The highest BCUT2D eigenvalue weighted by molar-refractivity contribution is 7.89. The van der Waals surface area contributed by atoms with Gasteiger partial charge in [0.1, 0.15) is 0 Å². The maximum absolute atomic E-state index is 12.8. The zero-order valence-electron chi connectivity index (χ0n) is 12.7. The number of benzene rings is 1. The molecule has 0 aromatic heterocycles. The average Bonchev–Trinajstić information content (AvgIpc) is 2.94.